The van der Waals surface area contributed by atoms with E-state index in [2.05, 4.69) is 5.32 Å². The molecule has 4 nitrogen and oxygen atoms in total. The zero-order valence-electron chi connectivity index (χ0n) is 9.69. The van der Waals surface area contributed by atoms with Gasteiger partial charge in [0.15, 0.2) is 0 Å². The lowest BCUT2D eigenvalue weighted by molar-refractivity contribution is 0.471. The summed E-state index contributed by atoms with van der Waals surface area (Å²) in [4.78, 5) is 0. The van der Waals surface area contributed by atoms with Gasteiger partial charge in [0.2, 0.25) is 0 Å². The smallest absolute Gasteiger partial charge is 0.149 e. The molecule has 5 heteroatoms. The molecule has 0 spiro atoms. The van der Waals surface area contributed by atoms with Crippen molar-refractivity contribution in [2.45, 2.75) is 19.9 Å². The molecule has 1 atom stereocenters. The fourth-order valence-corrected chi connectivity index (χ4v) is 2.47. The molecule has 0 aliphatic heterocycles. The van der Waals surface area contributed by atoms with Crippen molar-refractivity contribution in [3.8, 4) is 5.75 Å². The van der Waals surface area contributed by atoms with Gasteiger partial charge in [0.25, 0.3) is 0 Å². The van der Waals surface area contributed by atoms with Gasteiger partial charge in [-0.3, -0.25) is 0 Å². The molecule has 0 bridgehead atoms. The standard InChI is InChI=1S/C11H17NO3S/c1-8-4-5-10(6-11(8)13)12-9(2)7-16(3,14)15/h4-6,9,12-13H,7H2,1-3H3. The predicted octanol–water partition coefficient (Wildman–Crippen LogP) is 1.55. The molecule has 1 aromatic rings. The Labute approximate surface area is 96.2 Å². The molecule has 0 heterocycles. The second kappa shape index (κ2) is 4.74. The third kappa shape index (κ3) is 4.10. The molecular formula is C11H17NO3S. The van der Waals surface area contributed by atoms with Crippen molar-refractivity contribution in [3.05, 3.63) is 23.8 Å². The second-order valence-corrected chi connectivity index (χ2v) is 6.32. The van der Waals surface area contributed by atoms with Gasteiger partial charge in [0.05, 0.1) is 5.75 Å². The Balaban J connectivity index is 2.70. The molecule has 16 heavy (non-hydrogen) atoms. The Morgan fingerprint density at radius 3 is 2.56 bits per heavy atom. The molecule has 0 aromatic heterocycles. The summed E-state index contributed by atoms with van der Waals surface area (Å²) in [5, 5.41) is 12.5. The first-order chi connectivity index (χ1) is 7.28. The number of benzene rings is 1. The average Bonchev–Trinajstić information content (AvgIpc) is 2.08. The fraction of sp³-hybridized carbons (Fsp3) is 0.455. The van der Waals surface area contributed by atoms with Crippen LogP contribution in [0.5, 0.6) is 5.75 Å². The Morgan fingerprint density at radius 1 is 1.44 bits per heavy atom. The molecule has 0 saturated carbocycles. The molecule has 0 fully saturated rings. The molecule has 90 valence electrons. The Kier molecular flexibility index (Phi) is 3.80. The zero-order valence-corrected chi connectivity index (χ0v) is 10.5. The lowest BCUT2D eigenvalue weighted by atomic mass is 10.2. The summed E-state index contributed by atoms with van der Waals surface area (Å²) in [6, 6.07) is 5.00. The molecule has 1 aromatic carbocycles. The first kappa shape index (κ1) is 12.8. The van der Waals surface area contributed by atoms with Gasteiger partial charge < -0.3 is 10.4 Å². The highest BCUT2D eigenvalue weighted by molar-refractivity contribution is 7.90. The van der Waals surface area contributed by atoms with Crippen LogP contribution >= 0.6 is 0 Å². The lowest BCUT2D eigenvalue weighted by Crippen LogP contribution is -2.24. The van der Waals surface area contributed by atoms with Crippen LogP contribution in [0, 0.1) is 6.92 Å². The van der Waals surface area contributed by atoms with Gasteiger partial charge in [-0.25, -0.2) is 8.42 Å². The lowest BCUT2D eigenvalue weighted by Gasteiger charge is -2.14. The molecule has 0 amide bonds. The first-order valence-corrected chi connectivity index (χ1v) is 7.08. The second-order valence-electron chi connectivity index (χ2n) is 4.14. The van der Waals surface area contributed by atoms with Crippen LogP contribution in [0.1, 0.15) is 12.5 Å². The van der Waals surface area contributed by atoms with Crippen LogP contribution in [-0.4, -0.2) is 31.6 Å². The van der Waals surface area contributed by atoms with Crippen LogP contribution in [0.4, 0.5) is 5.69 Å². The number of hydrogen-bond acceptors (Lipinski definition) is 4. The minimum atomic E-state index is -2.99. The van der Waals surface area contributed by atoms with Gasteiger partial charge in [0.1, 0.15) is 15.6 Å². The summed E-state index contributed by atoms with van der Waals surface area (Å²) in [6.45, 7) is 3.59. The van der Waals surface area contributed by atoms with E-state index >= 15 is 0 Å². The number of phenols is 1. The molecule has 2 N–H and O–H groups in total. The number of anilines is 1. The number of hydrogen-bond donors (Lipinski definition) is 2. The van der Waals surface area contributed by atoms with E-state index in [0.717, 1.165) is 11.3 Å². The van der Waals surface area contributed by atoms with E-state index < -0.39 is 9.84 Å². The topological polar surface area (TPSA) is 66.4 Å². The number of sulfone groups is 1. The number of aryl methyl sites for hydroxylation is 1. The van der Waals surface area contributed by atoms with E-state index in [9.17, 15) is 13.5 Å². The van der Waals surface area contributed by atoms with Crippen molar-refractivity contribution in [3.63, 3.8) is 0 Å². The fourth-order valence-electron chi connectivity index (χ4n) is 1.48. The van der Waals surface area contributed by atoms with E-state index in [-0.39, 0.29) is 17.5 Å². The van der Waals surface area contributed by atoms with E-state index in [1.54, 1.807) is 26.0 Å². The van der Waals surface area contributed by atoms with E-state index in [1.807, 2.05) is 6.07 Å². The molecule has 0 radical (unpaired) electrons. The molecular weight excluding hydrogens is 226 g/mol. The summed E-state index contributed by atoms with van der Waals surface area (Å²) in [6.07, 6.45) is 1.21. The monoisotopic (exact) mass is 243 g/mol. The Hall–Kier alpha value is -1.23. The molecule has 0 aliphatic rings. The Morgan fingerprint density at radius 2 is 2.06 bits per heavy atom. The van der Waals surface area contributed by atoms with Gasteiger partial charge >= 0.3 is 0 Å². The van der Waals surface area contributed by atoms with E-state index in [4.69, 9.17) is 0 Å². The highest BCUT2D eigenvalue weighted by Gasteiger charge is 2.10. The largest absolute Gasteiger partial charge is 0.508 e. The van der Waals surface area contributed by atoms with Gasteiger partial charge in [0, 0.05) is 24.1 Å². The van der Waals surface area contributed by atoms with Crippen molar-refractivity contribution in [2.75, 3.05) is 17.3 Å². The normalized spacial score (nSPS) is 13.4. The summed E-state index contributed by atoms with van der Waals surface area (Å²) in [5.41, 5.74) is 1.51. The minimum Gasteiger partial charge on any atom is -0.508 e. The van der Waals surface area contributed by atoms with Crippen LogP contribution in [0.25, 0.3) is 0 Å². The molecule has 1 unspecified atom stereocenters. The van der Waals surface area contributed by atoms with Crippen LogP contribution in [0.15, 0.2) is 18.2 Å². The van der Waals surface area contributed by atoms with Gasteiger partial charge in [-0.15, -0.1) is 0 Å². The van der Waals surface area contributed by atoms with Crippen molar-refractivity contribution in [1.82, 2.24) is 0 Å². The van der Waals surface area contributed by atoms with Crippen LogP contribution in [0.2, 0.25) is 0 Å². The first-order valence-electron chi connectivity index (χ1n) is 5.02. The van der Waals surface area contributed by atoms with Crippen LogP contribution in [0.3, 0.4) is 0 Å². The molecule has 1 rings (SSSR count). The van der Waals surface area contributed by atoms with E-state index in [1.165, 1.54) is 6.26 Å². The van der Waals surface area contributed by atoms with Crippen molar-refractivity contribution < 1.29 is 13.5 Å². The number of nitrogens with one attached hydrogen (secondary N) is 1. The predicted molar refractivity (Wildman–Crippen MR) is 65.6 cm³/mol. The highest BCUT2D eigenvalue weighted by atomic mass is 32.2. The maximum Gasteiger partial charge on any atom is 0.149 e. The summed E-state index contributed by atoms with van der Waals surface area (Å²) in [5.74, 6) is 0.276. The van der Waals surface area contributed by atoms with Gasteiger partial charge in [-0.2, -0.15) is 0 Å². The van der Waals surface area contributed by atoms with Gasteiger partial charge in [-0.05, 0) is 25.5 Å². The Bertz CT molecular complexity index is 468. The van der Waals surface area contributed by atoms with Crippen LogP contribution < -0.4 is 5.32 Å². The van der Waals surface area contributed by atoms with Crippen molar-refractivity contribution >= 4 is 15.5 Å². The zero-order chi connectivity index (χ0) is 12.3. The number of rotatable bonds is 4. The maximum atomic E-state index is 11.1. The minimum absolute atomic E-state index is 0.0711. The van der Waals surface area contributed by atoms with Crippen molar-refractivity contribution in [1.29, 1.82) is 0 Å². The summed E-state index contributed by atoms with van der Waals surface area (Å²) >= 11 is 0. The number of phenolic OH excluding ortho intramolecular Hbond substituents is 1. The summed E-state index contributed by atoms with van der Waals surface area (Å²) in [7, 11) is -2.99. The van der Waals surface area contributed by atoms with Crippen LogP contribution in [-0.2, 0) is 9.84 Å². The number of aromatic hydroxyl groups is 1. The van der Waals surface area contributed by atoms with Crippen molar-refractivity contribution in [2.24, 2.45) is 0 Å². The quantitative estimate of drug-likeness (QED) is 0.842. The average molecular weight is 243 g/mol. The maximum absolute atomic E-state index is 11.1. The highest BCUT2D eigenvalue weighted by Crippen LogP contribution is 2.21. The third-order valence-electron chi connectivity index (χ3n) is 2.17. The van der Waals surface area contributed by atoms with Gasteiger partial charge in [-0.1, -0.05) is 6.07 Å². The third-order valence-corrected chi connectivity index (χ3v) is 3.28. The SMILES string of the molecule is Cc1ccc(NC(C)CS(C)(=O)=O)cc1O. The summed E-state index contributed by atoms with van der Waals surface area (Å²) < 4.78 is 22.1. The van der Waals surface area contributed by atoms with E-state index in [0.29, 0.717) is 0 Å². The molecule has 0 saturated heterocycles. The molecule has 0 aliphatic carbocycles.